The van der Waals surface area contributed by atoms with Crippen LogP contribution < -0.4 is 4.31 Å². The summed E-state index contributed by atoms with van der Waals surface area (Å²) in [5.41, 5.74) is 4.31. The fraction of sp³-hybridized carbons (Fsp3) is 0.419. The molecule has 190 valence electrons. The normalized spacial score (nSPS) is 21.8. The zero-order valence-corrected chi connectivity index (χ0v) is 22.3. The molecular formula is C31H38N2O2S. The maximum atomic E-state index is 14.0. The minimum absolute atomic E-state index is 0.0487. The van der Waals surface area contributed by atoms with Crippen molar-refractivity contribution < 1.29 is 8.42 Å². The lowest BCUT2D eigenvalue weighted by Crippen LogP contribution is -2.51. The number of likely N-dealkylation sites (tertiary alicyclic amines) is 1. The lowest BCUT2D eigenvalue weighted by molar-refractivity contribution is 0.107. The summed E-state index contributed by atoms with van der Waals surface area (Å²) in [6, 6.07) is 26.6. The zero-order chi connectivity index (χ0) is 25.1. The highest BCUT2D eigenvalue weighted by atomic mass is 32.2. The molecule has 2 atom stereocenters. The quantitative estimate of drug-likeness (QED) is 0.377. The van der Waals surface area contributed by atoms with Crippen molar-refractivity contribution in [3.05, 3.63) is 95.6 Å². The van der Waals surface area contributed by atoms with Crippen LogP contribution in [0.2, 0.25) is 0 Å². The molecule has 1 saturated carbocycles. The fourth-order valence-corrected chi connectivity index (χ4v) is 8.02. The van der Waals surface area contributed by atoms with Crippen LogP contribution in [0.4, 0.5) is 5.69 Å². The van der Waals surface area contributed by atoms with Crippen LogP contribution in [-0.2, 0) is 10.0 Å². The van der Waals surface area contributed by atoms with Gasteiger partial charge in [-0.05, 0) is 74.8 Å². The van der Waals surface area contributed by atoms with Gasteiger partial charge in [0.15, 0.2) is 0 Å². The third-order valence-electron chi connectivity index (χ3n) is 8.19. The van der Waals surface area contributed by atoms with E-state index in [1.807, 2.05) is 50.2 Å². The van der Waals surface area contributed by atoms with Crippen molar-refractivity contribution in [3.63, 3.8) is 0 Å². The number of piperidine rings is 1. The Labute approximate surface area is 217 Å². The summed E-state index contributed by atoms with van der Waals surface area (Å²) in [5.74, 6) is 0.570. The predicted molar refractivity (Wildman–Crippen MR) is 148 cm³/mol. The Bertz CT molecular complexity index is 1250. The Kier molecular flexibility index (Phi) is 7.49. The molecule has 0 N–H and O–H groups in total. The van der Waals surface area contributed by atoms with E-state index in [0.29, 0.717) is 16.9 Å². The molecule has 1 aliphatic carbocycles. The number of hydrogen-bond acceptors (Lipinski definition) is 3. The van der Waals surface area contributed by atoms with E-state index in [-0.39, 0.29) is 6.04 Å². The van der Waals surface area contributed by atoms with Crippen molar-refractivity contribution in [2.75, 3.05) is 17.4 Å². The Morgan fingerprint density at radius 3 is 2.08 bits per heavy atom. The SMILES string of the molecule is Cc1ccc(S(=O)(=O)N(c2ccccc2C)C2CCN([C@@H]3CCCC[C@@H]3c3ccccc3)CC2)cc1. The molecule has 2 aliphatic rings. The molecule has 5 rings (SSSR count). The van der Waals surface area contributed by atoms with E-state index in [1.165, 1.54) is 31.2 Å². The number of anilines is 1. The third kappa shape index (κ3) is 5.09. The Morgan fingerprint density at radius 2 is 1.39 bits per heavy atom. The van der Waals surface area contributed by atoms with Crippen molar-refractivity contribution in [3.8, 4) is 0 Å². The first-order chi connectivity index (χ1) is 17.4. The van der Waals surface area contributed by atoms with Gasteiger partial charge in [-0.2, -0.15) is 0 Å². The Balaban J connectivity index is 1.40. The van der Waals surface area contributed by atoms with E-state index < -0.39 is 10.0 Å². The average Bonchev–Trinajstić information content (AvgIpc) is 2.91. The van der Waals surface area contributed by atoms with Crippen LogP contribution in [0.15, 0.2) is 83.8 Å². The molecule has 1 aliphatic heterocycles. The standard InChI is InChI=1S/C31H38N2O2S/c1-24-16-18-28(19-17-24)36(34,35)33(30-14-8-6-10-25(30)2)27-20-22-32(23-21-27)31-15-9-7-13-29(31)26-11-4-3-5-12-26/h3-6,8,10-12,14,16-19,27,29,31H,7,9,13,15,20-23H2,1-2H3/t29-,31-/m1/s1. The van der Waals surface area contributed by atoms with Gasteiger partial charge in [0, 0.05) is 25.2 Å². The summed E-state index contributed by atoms with van der Waals surface area (Å²) in [6.45, 7) is 5.86. The Hall–Kier alpha value is -2.63. The number of benzene rings is 3. The second-order valence-electron chi connectivity index (χ2n) is 10.5. The van der Waals surface area contributed by atoms with Crippen molar-refractivity contribution in [2.45, 2.75) is 75.3 Å². The van der Waals surface area contributed by atoms with Gasteiger partial charge in [-0.3, -0.25) is 9.21 Å². The highest BCUT2D eigenvalue weighted by molar-refractivity contribution is 7.92. The zero-order valence-electron chi connectivity index (χ0n) is 21.5. The number of aryl methyl sites for hydroxylation is 2. The second-order valence-corrected chi connectivity index (χ2v) is 12.4. The molecule has 0 aromatic heterocycles. The van der Waals surface area contributed by atoms with E-state index in [4.69, 9.17) is 0 Å². The van der Waals surface area contributed by atoms with Crippen LogP contribution in [0.25, 0.3) is 0 Å². The number of hydrogen-bond donors (Lipinski definition) is 0. The summed E-state index contributed by atoms with van der Waals surface area (Å²) in [7, 11) is -3.67. The minimum Gasteiger partial charge on any atom is -0.300 e. The number of rotatable bonds is 6. The molecule has 0 amide bonds. The van der Waals surface area contributed by atoms with Crippen LogP contribution in [0.3, 0.4) is 0 Å². The third-order valence-corrected chi connectivity index (χ3v) is 10.1. The second kappa shape index (κ2) is 10.8. The molecule has 3 aromatic rings. The molecule has 0 unspecified atom stereocenters. The molecule has 0 radical (unpaired) electrons. The van der Waals surface area contributed by atoms with Gasteiger partial charge in [0.2, 0.25) is 0 Å². The molecule has 0 bridgehead atoms. The molecule has 0 spiro atoms. The van der Waals surface area contributed by atoms with E-state index >= 15 is 0 Å². The van der Waals surface area contributed by atoms with E-state index in [0.717, 1.165) is 42.7 Å². The topological polar surface area (TPSA) is 40.6 Å². The molecule has 1 heterocycles. The van der Waals surface area contributed by atoms with E-state index in [1.54, 1.807) is 16.4 Å². The molecule has 4 nitrogen and oxygen atoms in total. The summed E-state index contributed by atoms with van der Waals surface area (Å²) < 4.78 is 29.8. The number of para-hydroxylation sites is 1. The van der Waals surface area contributed by atoms with Gasteiger partial charge in [-0.1, -0.05) is 79.1 Å². The van der Waals surface area contributed by atoms with Gasteiger partial charge in [0.1, 0.15) is 0 Å². The molecule has 3 aromatic carbocycles. The summed E-state index contributed by atoms with van der Waals surface area (Å²) in [5, 5.41) is 0. The van der Waals surface area contributed by atoms with Crippen LogP contribution in [0.5, 0.6) is 0 Å². The van der Waals surface area contributed by atoms with Gasteiger partial charge < -0.3 is 0 Å². The maximum absolute atomic E-state index is 14.0. The summed E-state index contributed by atoms with van der Waals surface area (Å²) in [4.78, 5) is 3.03. The molecular weight excluding hydrogens is 464 g/mol. The van der Waals surface area contributed by atoms with Gasteiger partial charge >= 0.3 is 0 Å². The lowest BCUT2D eigenvalue weighted by Gasteiger charge is -2.45. The highest BCUT2D eigenvalue weighted by Gasteiger charge is 2.38. The van der Waals surface area contributed by atoms with Crippen LogP contribution in [-0.4, -0.2) is 38.5 Å². The molecule has 36 heavy (non-hydrogen) atoms. The molecule has 1 saturated heterocycles. The van der Waals surface area contributed by atoms with Crippen LogP contribution in [0.1, 0.15) is 61.1 Å². The van der Waals surface area contributed by atoms with E-state index in [9.17, 15) is 8.42 Å². The smallest absolute Gasteiger partial charge is 0.264 e. The van der Waals surface area contributed by atoms with Crippen LogP contribution >= 0.6 is 0 Å². The highest BCUT2D eigenvalue weighted by Crippen LogP contribution is 2.39. The predicted octanol–water partition coefficient (Wildman–Crippen LogP) is 6.69. The van der Waals surface area contributed by atoms with Gasteiger partial charge in [-0.25, -0.2) is 8.42 Å². The molecule has 2 fully saturated rings. The summed E-state index contributed by atoms with van der Waals surface area (Å²) in [6.07, 6.45) is 6.74. The van der Waals surface area contributed by atoms with Gasteiger partial charge in [-0.15, -0.1) is 0 Å². The number of nitrogens with zero attached hydrogens (tertiary/aromatic N) is 2. The van der Waals surface area contributed by atoms with Crippen molar-refractivity contribution in [1.82, 2.24) is 4.90 Å². The maximum Gasteiger partial charge on any atom is 0.264 e. The van der Waals surface area contributed by atoms with E-state index in [2.05, 4.69) is 35.2 Å². The first-order valence-electron chi connectivity index (χ1n) is 13.4. The largest absolute Gasteiger partial charge is 0.300 e. The average molecular weight is 503 g/mol. The van der Waals surface area contributed by atoms with Crippen molar-refractivity contribution >= 4 is 15.7 Å². The number of sulfonamides is 1. The fourth-order valence-electron chi connectivity index (χ4n) is 6.25. The Morgan fingerprint density at radius 1 is 0.750 bits per heavy atom. The first-order valence-corrected chi connectivity index (χ1v) is 14.8. The van der Waals surface area contributed by atoms with Gasteiger partial charge in [0.05, 0.1) is 10.6 Å². The monoisotopic (exact) mass is 502 g/mol. The molecule has 5 heteroatoms. The van der Waals surface area contributed by atoms with Crippen LogP contribution in [0, 0.1) is 13.8 Å². The lowest BCUT2D eigenvalue weighted by atomic mass is 9.78. The van der Waals surface area contributed by atoms with Crippen molar-refractivity contribution in [2.24, 2.45) is 0 Å². The first kappa shape index (κ1) is 25.0. The minimum atomic E-state index is -3.67. The van der Waals surface area contributed by atoms with Crippen molar-refractivity contribution in [1.29, 1.82) is 0 Å². The van der Waals surface area contributed by atoms with Gasteiger partial charge in [0.25, 0.3) is 10.0 Å². The summed E-state index contributed by atoms with van der Waals surface area (Å²) >= 11 is 0.